The average Bonchev–Trinajstić information content (AvgIpc) is 3.10. The van der Waals surface area contributed by atoms with Gasteiger partial charge in [-0.15, -0.1) is 0 Å². The highest BCUT2D eigenvalue weighted by atomic mass is 16.6. The van der Waals surface area contributed by atoms with Crippen LogP contribution in [0, 0.1) is 17.0 Å². The number of nitro benzene ring substituents is 1. The van der Waals surface area contributed by atoms with Crippen LogP contribution in [0.4, 0.5) is 5.69 Å². The number of likely N-dealkylation sites (tertiary alicyclic amines) is 1. The number of hydrogen-bond acceptors (Lipinski definition) is 6. The van der Waals surface area contributed by atoms with Crippen LogP contribution < -0.4 is 10.7 Å². The van der Waals surface area contributed by atoms with Gasteiger partial charge in [0, 0.05) is 37.0 Å². The van der Waals surface area contributed by atoms with E-state index in [0.29, 0.717) is 18.8 Å². The third-order valence-electron chi connectivity index (χ3n) is 4.69. The highest BCUT2D eigenvalue weighted by molar-refractivity contribution is 5.92. The maximum atomic E-state index is 13.0. The summed E-state index contributed by atoms with van der Waals surface area (Å²) in [6, 6.07) is 7.39. The Morgan fingerprint density at radius 2 is 2.15 bits per heavy atom. The smallest absolute Gasteiger partial charge is 0.294 e. The number of benzene rings is 1. The van der Waals surface area contributed by atoms with E-state index in [1.165, 1.54) is 22.9 Å². The van der Waals surface area contributed by atoms with Crippen LogP contribution in [0.5, 0.6) is 0 Å². The zero-order valence-electron chi connectivity index (χ0n) is 15.2. The van der Waals surface area contributed by atoms with Gasteiger partial charge < -0.3 is 10.2 Å². The molecule has 0 radical (unpaired) electrons. The first kappa shape index (κ1) is 18.7. The number of carbonyl (C=O) groups is 1. The molecule has 3 rings (SSSR count). The molecule has 2 aromatic rings. The van der Waals surface area contributed by atoms with Gasteiger partial charge in [-0.3, -0.25) is 19.7 Å². The fraction of sp³-hybridized carbons (Fsp3) is 0.389. The molecular weight excluding hydrogens is 350 g/mol. The first-order chi connectivity index (χ1) is 12.9. The van der Waals surface area contributed by atoms with Gasteiger partial charge in [0.15, 0.2) is 5.69 Å². The van der Waals surface area contributed by atoms with E-state index >= 15 is 0 Å². The van der Waals surface area contributed by atoms with Gasteiger partial charge in [0.1, 0.15) is 5.69 Å². The Kier molecular flexibility index (Phi) is 5.31. The lowest BCUT2D eigenvalue weighted by Gasteiger charge is -2.24. The summed E-state index contributed by atoms with van der Waals surface area (Å²) in [6.07, 6.45) is 1.72. The van der Waals surface area contributed by atoms with Gasteiger partial charge in [-0.25, -0.2) is 4.68 Å². The molecule has 1 aliphatic rings. The summed E-state index contributed by atoms with van der Waals surface area (Å²) in [7, 11) is 1.81. The Hall–Kier alpha value is -3.07. The number of rotatable bonds is 5. The summed E-state index contributed by atoms with van der Waals surface area (Å²) in [5.41, 5.74) is -0.227. The van der Waals surface area contributed by atoms with Crippen molar-refractivity contribution in [1.29, 1.82) is 0 Å². The van der Waals surface area contributed by atoms with Crippen LogP contribution >= 0.6 is 0 Å². The molecule has 1 aliphatic heterocycles. The Bertz CT molecular complexity index is 940. The van der Waals surface area contributed by atoms with Crippen molar-refractivity contribution in [2.75, 3.05) is 20.1 Å². The summed E-state index contributed by atoms with van der Waals surface area (Å²) >= 11 is 0. The molecule has 1 N–H and O–H groups in total. The highest BCUT2D eigenvalue weighted by Gasteiger charge is 2.31. The quantitative estimate of drug-likeness (QED) is 0.626. The lowest BCUT2D eigenvalue weighted by Crippen LogP contribution is -2.43. The highest BCUT2D eigenvalue weighted by Crippen LogP contribution is 2.23. The van der Waals surface area contributed by atoms with Crippen molar-refractivity contribution < 1.29 is 9.72 Å². The summed E-state index contributed by atoms with van der Waals surface area (Å²) in [4.78, 5) is 37.9. The van der Waals surface area contributed by atoms with Crippen molar-refractivity contribution in [3.05, 3.63) is 62.1 Å². The minimum atomic E-state index is -0.514. The number of aromatic nitrogens is 2. The average molecular weight is 371 g/mol. The molecule has 142 valence electrons. The molecule has 0 spiro atoms. The maximum absolute atomic E-state index is 13.0. The predicted molar refractivity (Wildman–Crippen MR) is 99.2 cm³/mol. The van der Waals surface area contributed by atoms with Crippen LogP contribution in [0.2, 0.25) is 0 Å². The van der Waals surface area contributed by atoms with Gasteiger partial charge in [-0.1, -0.05) is 12.1 Å². The lowest BCUT2D eigenvalue weighted by atomic mass is 10.2. The number of amides is 1. The molecular formula is C18H21N5O4. The molecule has 0 aliphatic carbocycles. The first-order valence-electron chi connectivity index (χ1n) is 8.74. The molecule has 1 saturated heterocycles. The standard InChI is InChI=1S/C18H21N5O4/c1-12-10-16(24)17(18(25)21-9-5-6-13(21)11-19-2)20-22(12)14-7-3-4-8-15(14)23(26)27/h3-4,7-8,10,13,19H,5-6,9,11H2,1-2H3. The summed E-state index contributed by atoms with van der Waals surface area (Å²) < 4.78 is 1.29. The van der Waals surface area contributed by atoms with E-state index < -0.39 is 16.3 Å². The van der Waals surface area contributed by atoms with Crippen molar-refractivity contribution >= 4 is 11.6 Å². The van der Waals surface area contributed by atoms with Crippen LogP contribution in [0.25, 0.3) is 5.69 Å². The molecule has 9 nitrogen and oxygen atoms in total. The van der Waals surface area contributed by atoms with E-state index in [0.717, 1.165) is 12.8 Å². The second-order valence-electron chi connectivity index (χ2n) is 6.51. The second-order valence-corrected chi connectivity index (χ2v) is 6.51. The number of aryl methyl sites for hydroxylation is 1. The molecule has 2 heterocycles. The molecule has 1 aromatic carbocycles. The van der Waals surface area contributed by atoms with Crippen molar-refractivity contribution in [2.45, 2.75) is 25.8 Å². The lowest BCUT2D eigenvalue weighted by molar-refractivity contribution is -0.384. The summed E-state index contributed by atoms with van der Waals surface area (Å²) in [6.45, 7) is 2.82. The van der Waals surface area contributed by atoms with Crippen LogP contribution in [-0.2, 0) is 0 Å². The Labute approximate surface area is 155 Å². The summed E-state index contributed by atoms with van der Waals surface area (Å²) in [5, 5.41) is 18.6. The van der Waals surface area contributed by atoms with Crippen molar-refractivity contribution in [3.8, 4) is 5.69 Å². The Morgan fingerprint density at radius 3 is 2.85 bits per heavy atom. The van der Waals surface area contributed by atoms with E-state index in [-0.39, 0.29) is 23.1 Å². The molecule has 9 heteroatoms. The van der Waals surface area contributed by atoms with E-state index in [1.807, 2.05) is 7.05 Å². The molecule has 1 amide bonds. The Morgan fingerprint density at radius 1 is 1.41 bits per heavy atom. The fourth-order valence-corrected chi connectivity index (χ4v) is 3.42. The minimum absolute atomic E-state index is 0.00418. The number of nitrogens with one attached hydrogen (secondary N) is 1. The first-order valence-corrected chi connectivity index (χ1v) is 8.74. The number of likely N-dealkylation sites (N-methyl/N-ethyl adjacent to an activating group) is 1. The number of carbonyl (C=O) groups excluding carboxylic acids is 1. The molecule has 27 heavy (non-hydrogen) atoms. The minimum Gasteiger partial charge on any atom is -0.333 e. The monoisotopic (exact) mass is 371 g/mol. The van der Waals surface area contributed by atoms with Crippen LogP contribution in [0.1, 0.15) is 29.0 Å². The molecule has 0 saturated carbocycles. The van der Waals surface area contributed by atoms with Crippen LogP contribution in [0.3, 0.4) is 0 Å². The number of hydrogen-bond donors (Lipinski definition) is 1. The van der Waals surface area contributed by atoms with Crippen molar-refractivity contribution in [1.82, 2.24) is 20.0 Å². The fourth-order valence-electron chi connectivity index (χ4n) is 3.42. The largest absolute Gasteiger partial charge is 0.333 e. The van der Waals surface area contributed by atoms with E-state index in [9.17, 15) is 19.7 Å². The maximum Gasteiger partial charge on any atom is 0.294 e. The molecule has 1 atom stereocenters. The number of nitrogens with zero attached hydrogens (tertiary/aromatic N) is 4. The van der Waals surface area contributed by atoms with Crippen LogP contribution in [0.15, 0.2) is 35.1 Å². The number of nitro groups is 1. The van der Waals surface area contributed by atoms with Gasteiger partial charge >= 0.3 is 0 Å². The predicted octanol–water partition coefficient (Wildman–Crippen LogP) is 1.27. The van der Waals surface area contributed by atoms with Gasteiger partial charge in [0.2, 0.25) is 5.43 Å². The number of para-hydroxylation sites is 2. The molecule has 1 aromatic heterocycles. The Balaban J connectivity index is 2.07. The van der Waals surface area contributed by atoms with Gasteiger partial charge in [-0.2, -0.15) is 5.10 Å². The van der Waals surface area contributed by atoms with Crippen LogP contribution in [-0.4, -0.2) is 51.7 Å². The zero-order chi connectivity index (χ0) is 19.6. The van der Waals surface area contributed by atoms with Gasteiger partial charge in [-0.05, 0) is 32.9 Å². The topological polar surface area (TPSA) is 110 Å². The van der Waals surface area contributed by atoms with E-state index in [2.05, 4.69) is 10.4 Å². The SMILES string of the molecule is CNCC1CCCN1C(=O)c1nn(-c2ccccc2[N+](=O)[O-])c(C)cc1=O. The molecule has 1 unspecified atom stereocenters. The normalized spacial score (nSPS) is 16.5. The van der Waals surface area contributed by atoms with Crippen molar-refractivity contribution in [2.24, 2.45) is 0 Å². The van der Waals surface area contributed by atoms with E-state index in [1.54, 1.807) is 24.0 Å². The van der Waals surface area contributed by atoms with Gasteiger partial charge in [0.25, 0.3) is 11.6 Å². The summed E-state index contributed by atoms with van der Waals surface area (Å²) in [5.74, 6) is -0.440. The zero-order valence-corrected chi connectivity index (χ0v) is 15.2. The third-order valence-corrected chi connectivity index (χ3v) is 4.69. The molecule has 0 bridgehead atoms. The van der Waals surface area contributed by atoms with Gasteiger partial charge in [0.05, 0.1) is 4.92 Å². The molecule has 1 fully saturated rings. The van der Waals surface area contributed by atoms with E-state index in [4.69, 9.17) is 0 Å². The second kappa shape index (κ2) is 7.67. The third kappa shape index (κ3) is 3.59. The van der Waals surface area contributed by atoms with Crippen molar-refractivity contribution in [3.63, 3.8) is 0 Å².